The Morgan fingerprint density at radius 1 is 1.24 bits per heavy atom. The molecule has 0 aromatic rings. The van der Waals surface area contributed by atoms with Crippen LogP contribution >= 0.6 is 11.6 Å². The van der Waals surface area contributed by atoms with Gasteiger partial charge in [-0.3, -0.25) is 0 Å². The van der Waals surface area contributed by atoms with Gasteiger partial charge in [0.2, 0.25) is 0 Å². The quantitative estimate of drug-likeness (QED) is 0.766. The van der Waals surface area contributed by atoms with E-state index in [4.69, 9.17) is 22.1 Å². The van der Waals surface area contributed by atoms with Crippen LogP contribution < -0.4 is 5.73 Å². The fourth-order valence-corrected chi connectivity index (χ4v) is 1.35. The molecule has 0 aliphatic carbocycles. The van der Waals surface area contributed by atoms with Gasteiger partial charge in [-0.05, 0) is 26.8 Å². The summed E-state index contributed by atoms with van der Waals surface area (Å²) in [6.07, 6.45) is 1.28. The first-order valence-corrected chi connectivity index (χ1v) is 6.98. The predicted octanol–water partition coefficient (Wildman–Crippen LogP) is 2.89. The minimum atomic E-state index is -0.501. The molecule has 1 amide bonds. The number of allylic oxidation sites excluding steroid dienone is 2. The fraction of sp³-hybridized carbons (Fsp3) is 0.533. The molecule has 0 saturated heterocycles. The van der Waals surface area contributed by atoms with Gasteiger partial charge < -0.3 is 20.3 Å². The molecule has 0 fully saturated rings. The molecule has 120 valence electrons. The van der Waals surface area contributed by atoms with E-state index in [1.54, 1.807) is 13.1 Å². The Balaban J connectivity index is 4.39. The summed E-state index contributed by atoms with van der Waals surface area (Å²) in [5.74, 6) is 0. The fourth-order valence-electron chi connectivity index (χ4n) is 1.22. The summed E-state index contributed by atoms with van der Waals surface area (Å²) in [7, 11) is 3.54. The maximum atomic E-state index is 11.8. The zero-order chi connectivity index (χ0) is 16.8. The topological polar surface area (TPSA) is 58.8 Å². The highest BCUT2D eigenvalue weighted by Gasteiger charge is 2.19. The van der Waals surface area contributed by atoms with Gasteiger partial charge in [-0.25, -0.2) is 4.79 Å². The first-order valence-electron chi connectivity index (χ1n) is 6.60. The maximum absolute atomic E-state index is 11.8. The number of rotatable bonds is 6. The Bertz CT molecular complexity index is 439. The second-order valence-corrected chi connectivity index (χ2v) is 6.24. The lowest BCUT2D eigenvalue weighted by Gasteiger charge is -2.27. The van der Waals surface area contributed by atoms with Crippen molar-refractivity contribution >= 4 is 17.7 Å². The third kappa shape index (κ3) is 8.30. The zero-order valence-corrected chi connectivity index (χ0v) is 14.3. The lowest BCUT2D eigenvalue weighted by Crippen LogP contribution is -2.38. The Morgan fingerprint density at radius 2 is 1.71 bits per heavy atom. The number of carbonyl (C=O) groups excluding carboxylic acids is 1. The van der Waals surface area contributed by atoms with Crippen molar-refractivity contribution in [2.45, 2.75) is 26.4 Å². The summed E-state index contributed by atoms with van der Waals surface area (Å²) in [5.41, 5.74) is 5.95. The number of ether oxygens (including phenoxy) is 1. The molecule has 6 heteroatoms. The van der Waals surface area contributed by atoms with Crippen molar-refractivity contribution in [3.8, 4) is 0 Å². The molecular weight excluding hydrogens is 290 g/mol. The maximum Gasteiger partial charge on any atom is 0.410 e. The van der Waals surface area contributed by atoms with Gasteiger partial charge in [-0.15, -0.1) is 0 Å². The van der Waals surface area contributed by atoms with E-state index in [0.717, 1.165) is 0 Å². The van der Waals surface area contributed by atoms with Gasteiger partial charge in [-0.2, -0.15) is 0 Å². The molecule has 5 nitrogen and oxygen atoms in total. The number of halogens is 1. The van der Waals surface area contributed by atoms with Crippen molar-refractivity contribution in [1.29, 1.82) is 0 Å². The molecule has 0 aliphatic rings. The minimum Gasteiger partial charge on any atom is -0.444 e. The predicted molar refractivity (Wildman–Crippen MR) is 87.9 cm³/mol. The average Bonchev–Trinajstić information content (AvgIpc) is 2.32. The summed E-state index contributed by atoms with van der Waals surface area (Å²) in [4.78, 5) is 15.2. The van der Waals surface area contributed by atoms with Crippen molar-refractivity contribution in [1.82, 2.24) is 9.80 Å². The molecule has 21 heavy (non-hydrogen) atoms. The largest absolute Gasteiger partial charge is 0.444 e. The number of carbonyl (C=O) groups is 1. The molecule has 0 radical (unpaired) electrons. The van der Waals surface area contributed by atoms with Crippen LogP contribution in [0.15, 0.2) is 35.7 Å². The highest BCUT2D eigenvalue weighted by Crippen LogP contribution is 2.13. The lowest BCUT2D eigenvalue weighted by molar-refractivity contribution is 0.0291. The number of amides is 1. The van der Waals surface area contributed by atoms with E-state index in [-0.39, 0.29) is 11.8 Å². The van der Waals surface area contributed by atoms with Crippen LogP contribution in [0.25, 0.3) is 0 Å². The van der Waals surface area contributed by atoms with Crippen molar-refractivity contribution in [2.24, 2.45) is 5.73 Å². The van der Waals surface area contributed by atoms with Crippen LogP contribution in [0.1, 0.15) is 20.8 Å². The van der Waals surface area contributed by atoms with Crippen molar-refractivity contribution < 1.29 is 9.53 Å². The molecule has 0 aromatic heterocycles. The molecule has 0 atom stereocenters. The minimum absolute atomic E-state index is 0.289. The normalized spacial score (nSPS) is 11.8. The molecule has 0 unspecified atom stereocenters. The second-order valence-electron chi connectivity index (χ2n) is 5.83. The third-order valence-corrected chi connectivity index (χ3v) is 2.92. The Morgan fingerprint density at radius 3 is 2.14 bits per heavy atom. The molecule has 0 aliphatic heterocycles. The first kappa shape index (κ1) is 19.4. The number of hydrogen-bond acceptors (Lipinski definition) is 4. The number of likely N-dealkylation sites (N-methyl/N-ethyl adjacent to an activating group) is 2. The Hall–Kier alpha value is -1.62. The van der Waals surface area contributed by atoms with Crippen LogP contribution in [-0.4, -0.2) is 48.7 Å². The summed E-state index contributed by atoms with van der Waals surface area (Å²) in [6, 6.07) is 0. The first-order chi connectivity index (χ1) is 9.44. The van der Waals surface area contributed by atoms with Crippen LogP contribution in [0.4, 0.5) is 4.79 Å². The molecule has 0 rings (SSSR count). The highest BCUT2D eigenvalue weighted by atomic mass is 35.5. The second kappa shape index (κ2) is 7.98. The summed E-state index contributed by atoms with van der Waals surface area (Å²) < 4.78 is 5.27. The smallest absolute Gasteiger partial charge is 0.410 e. The molecule has 0 spiro atoms. The lowest BCUT2D eigenvalue weighted by atomic mass is 10.2. The zero-order valence-electron chi connectivity index (χ0n) is 13.6. The molecule has 0 bridgehead atoms. The molecular formula is C15H26ClN3O2. The van der Waals surface area contributed by atoms with Gasteiger partial charge in [0.25, 0.3) is 0 Å². The average molecular weight is 316 g/mol. The standard InChI is InChI=1S/C15H26ClN3O2/c1-11(10-13(16)12(2)17)18(6)8-9-19(7)14(20)21-15(3,4)5/h10H,1-2,8-9,17H2,3-7H3/b13-10+. The molecule has 0 saturated carbocycles. The number of nitrogens with zero attached hydrogens (tertiary/aromatic N) is 2. The van der Waals surface area contributed by atoms with E-state index in [0.29, 0.717) is 23.8 Å². The van der Waals surface area contributed by atoms with Crippen LogP contribution in [0.3, 0.4) is 0 Å². The summed E-state index contributed by atoms with van der Waals surface area (Å²) in [6.45, 7) is 14.0. The Kier molecular flexibility index (Phi) is 7.36. The highest BCUT2D eigenvalue weighted by molar-refractivity contribution is 6.32. The van der Waals surface area contributed by atoms with Crippen molar-refractivity contribution in [3.05, 3.63) is 35.7 Å². The van der Waals surface area contributed by atoms with Crippen LogP contribution in [0.5, 0.6) is 0 Å². The van der Waals surface area contributed by atoms with E-state index in [9.17, 15) is 4.79 Å². The number of nitrogens with two attached hydrogens (primary N) is 1. The van der Waals surface area contributed by atoms with Crippen molar-refractivity contribution in [3.63, 3.8) is 0 Å². The molecule has 0 aromatic carbocycles. The van der Waals surface area contributed by atoms with Gasteiger partial charge in [0.05, 0.1) is 5.03 Å². The van der Waals surface area contributed by atoms with E-state index in [1.807, 2.05) is 32.7 Å². The van der Waals surface area contributed by atoms with Gasteiger partial charge in [0.1, 0.15) is 5.60 Å². The van der Waals surface area contributed by atoms with E-state index in [2.05, 4.69) is 13.2 Å². The SMILES string of the molecule is C=C(N)/C(Cl)=C\C(=C)N(C)CCN(C)C(=O)OC(C)(C)C. The van der Waals surface area contributed by atoms with Gasteiger partial charge in [0.15, 0.2) is 0 Å². The van der Waals surface area contributed by atoms with Gasteiger partial charge >= 0.3 is 6.09 Å². The van der Waals surface area contributed by atoms with E-state index < -0.39 is 5.60 Å². The van der Waals surface area contributed by atoms with Gasteiger partial charge in [-0.1, -0.05) is 24.8 Å². The van der Waals surface area contributed by atoms with Crippen LogP contribution in [-0.2, 0) is 4.74 Å². The van der Waals surface area contributed by atoms with E-state index >= 15 is 0 Å². The number of hydrogen-bond donors (Lipinski definition) is 1. The van der Waals surface area contributed by atoms with Gasteiger partial charge in [0, 0.05) is 38.6 Å². The van der Waals surface area contributed by atoms with Crippen LogP contribution in [0.2, 0.25) is 0 Å². The van der Waals surface area contributed by atoms with E-state index in [1.165, 1.54) is 4.90 Å². The van der Waals surface area contributed by atoms with Crippen molar-refractivity contribution in [2.75, 3.05) is 27.2 Å². The molecule has 0 heterocycles. The Labute approximate surface area is 132 Å². The summed E-state index contributed by atoms with van der Waals surface area (Å²) in [5, 5.41) is 0.354. The van der Waals surface area contributed by atoms with Crippen LogP contribution in [0, 0.1) is 0 Å². The summed E-state index contributed by atoms with van der Waals surface area (Å²) >= 11 is 5.90. The molecule has 2 N–H and O–H groups in total. The monoisotopic (exact) mass is 315 g/mol. The third-order valence-electron chi connectivity index (χ3n) is 2.57.